The van der Waals surface area contributed by atoms with Crippen molar-refractivity contribution in [1.82, 2.24) is 15.5 Å². The lowest BCUT2D eigenvalue weighted by Crippen LogP contribution is -2.45. The molecule has 0 aliphatic carbocycles. The van der Waals surface area contributed by atoms with Gasteiger partial charge in [-0.1, -0.05) is 13.8 Å². The zero-order valence-corrected chi connectivity index (χ0v) is 15.8. The van der Waals surface area contributed by atoms with Crippen LogP contribution in [0.2, 0.25) is 0 Å². The molecule has 132 valence electrons. The van der Waals surface area contributed by atoms with Gasteiger partial charge in [0.15, 0.2) is 5.96 Å². The molecular weight excluding hydrogens is 412 g/mol. The third kappa shape index (κ3) is 13.0. The van der Waals surface area contributed by atoms with Crippen molar-refractivity contribution in [1.29, 1.82) is 0 Å². The number of carbonyl (C=O) groups excluding carboxylic acids is 1. The Balaban J connectivity index is 0. The normalized spacial score (nSPS) is 11.9. The van der Waals surface area contributed by atoms with Gasteiger partial charge in [0.1, 0.15) is 6.54 Å². The third-order valence-corrected chi connectivity index (χ3v) is 2.72. The first-order valence-electron chi connectivity index (χ1n) is 6.91. The second-order valence-corrected chi connectivity index (χ2v) is 5.25. The van der Waals surface area contributed by atoms with Gasteiger partial charge in [0.25, 0.3) is 0 Å². The largest absolute Gasteiger partial charge is 0.406 e. The average molecular weight is 438 g/mol. The van der Waals surface area contributed by atoms with Crippen LogP contribution in [0.15, 0.2) is 4.99 Å². The van der Waals surface area contributed by atoms with Crippen molar-refractivity contribution >= 4 is 35.8 Å². The molecule has 0 atom stereocenters. The van der Waals surface area contributed by atoms with Crippen molar-refractivity contribution in [3.8, 4) is 0 Å². The number of nitrogens with zero attached hydrogens (tertiary/aromatic N) is 2. The molecule has 0 aliphatic heterocycles. The van der Waals surface area contributed by atoms with Crippen LogP contribution in [0.25, 0.3) is 0 Å². The van der Waals surface area contributed by atoms with Gasteiger partial charge < -0.3 is 15.5 Å². The molecule has 0 saturated heterocycles. The fourth-order valence-electron chi connectivity index (χ4n) is 1.59. The van der Waals surface area contributed by atoms with E-state index in [-0.39, 0.29) is 30.5 Å². The van der Waals surface area contributed by atoms with Gasteiger partial charge >= 0.3 is 6.18 Å². The zero-order chi connectivity index (χ0) is 16.5. The third-order valence-electron chi connectivity index (χ3n) is 2.72. The van der Waals surface area contributed by atoms with Crippen LogP contribution >= 0.6 is 24.0 Å². The average Bonchev–Trinajstić information content (AvgIpc) is 2.35. The van der Waals surface area contributed by atoms with E-state index in [0.717, 1.165) is 19.9 Å². The molecule has 0 spiro atoms. The number of nitrogens with one attached hydrogen (secondary N) is 2. The Hall–Kier alpha value is -0.740. The van der Waals surface area contributed by atoms with E-state index in [2.05, 4.69) is 29.5 Å². The molecule has 1 amide bonds. The first-order chi connectivity index (χ1) is 9.65. The van der Waals surface area contributed by atoms with Crippen molar-refractivity contribution in [2.24, 2.45) is 10.9 Å². The Kier molecular flexibility index (Phi) is 12.6. The molecule has 0 radical (unpaired) electrons. The summed E-state index contributed by atoms with van der Waals surface area (Å²) < 4.78 is 36.5. The minimum Gasteiger partial charge on any atom is -0.356 e. The number of rotatable bonds is 7. The highest BCUT2D eigenvalue weighted by Gasteiger charge is 2.31. The first-order valence-corrected chi connectivity index (χ1v) is 6.91. The molecule has 0 aromatic heterocycles. The highest BCUT2D eigenvalue weighted by molar-refractivity contribution is 14.0. The van der Waals surface area contributed by atoms with Gasteiger partial charge in [0, 0.05) is 20.6 Å². The smallest absolute Gasteiger partial charge is 0.356 e. The molecular formula is C13H26F3IN4O. The highest BCUT2D eigenvalue weighted by Crippen LogP contribution is 2.15. The number of alkyl halides is 3. The molecule has 0 aliphatic rings. The first kappa shape index (κ1) is 23.5. The van der Waals surface area contributed by atoms with Gasteiger partial charge in [0.2, 0.25) is 5.91 Å². The molecule has 2 N–H and O–H groups in total. The summed E-state index contributed by atoms with van der Waals surface area (Å²) in [5, 5.41) is 5.72. The van der Waals surface area contributed by atoms with Crippen molar-refractivity contribution in [2.75, 3.05) is 33.7 Å². The molecule has 0 bridgehead atoms. The summed E-state index contributed by atoms with van der Waals surface area (Å²) in [4.78, 5) is 16.1. The van der Waals surface area contributed by atoms with E-state index in [1.165, 1.54) is 0 Å². The SMILES string of the molecule is CN=C(NCCCC(C)C)NCC(=O)N(C)CC(F)(F)F.I. The Bertz CT molecular complexity index is 349. The Morgan fingerprint density at radius 1 is 1.27 bits per heavy atom. The number of likely N-dealkylation sites (N-methyl/N-ethyl adjacent to an activating group) is 1. The molecule has 0 heterocycles. The predicted molar refractivity (Wildman–Crippen MR) is 92.5 cm³/mol. The maximum atomic E-state index is 12.2. The van der Waals surface area contributed by atoms with Crippen LogP contribution in [0.4, 0.5) is 13.2 Å². The monoisotopic (exact) mass is 438 g/mol. The Morgan fingerprint density at radius 2 is 1.86 bits per heavy atom. The second kappa shape index (κ2) is 11.8. The van der Waals surface area contributed by atoms with Gasteiger partial charge in [-0.2, -0.15) is 13.2 Å². The fourth-order valence-corrected chi connectivity index (χ4v) is 1.59. The number of amides is 1. The lowest BCUT2D eigenvalue weighted by molar-refractivity contribution is -0.157. The van der Waals surface area contributed by atoms with Crippen molar-refractivity contribution in [2.45, 2.75) is 32.9 Å². The van der Waals surface area contributed by atoms with Crippen molar-refractivity contribution < 1.29 is 18.0 Å². The molecule has 9 heteroatoms. The van der Waals surface area contributed by atoms with E-state index in [9.17, 15) is 18.0 Å². The molecule has 0 fully saturated rings. The van der Waals surface area contributed by atoms with E-state index in [0.29, 0.717) is 23.3 Å². The molecule has 0 saturated carbocycles. The van der Waals surface area contributed by atoms with Gasteiger partial charge in [0.05, 0.1) is 6.54 Å². The Morgan fingerprint density at radius 3 is 2.32 bits per heavy atom. The number of carbonyl (C=O) groups is 1. The van der Waals surface area contributed by atoms with Gasteiger partial charge in [-0.25, -0.2) is 0 Å². The van der Waals surface area contributed by atoms with Crippen LogP contribution in [0.5, 0.6) is 0 Å². The van der Waals surface area contributed by atoms with E-state index in [4.69, 9.17) is 0 Å². The van der Waals surface area contributed by atoms with E-state index >= 15 is 0 Å². The second-order valence-electron chi connectivity index (χ2n) is 5.25. The number of aliphatic imine (C=N–C) groups is 1. The minimum absolute atomic E-state index is 0. The van der Waals surface area contributed by atoms with E-state index < -0.39 is 18.6 Å². The van der Waals surface area contributed by atoms with Crippen molar-refractivity contribution in [3.05, 3.63) is 0 Å². The number of hydrogen-bond acceptors (Lipinski definition) is 2. The van der Waals surface area contributed by atoms with Gasteiger partial charge in [-0.3, -0.25) is 9.79 Å². The molecule has 0 aromatic rings. The quantitative estimate of drug-likeness (QED) is 0.278. The maximum Gasteiger partial charge on any atom is 0.406 e. The predicted octanol–water partition coefficient (Wildman–Crippen LogP) is 2.23. The number of hydrogen-bond donors (Lipinski definition) is 2. The fraction of sp³-hybridized carbons (Fsp3) is 0.846. The highest BCUT2D eigenvalue weighted by atomic mass is 127. The topological polar surface area (TPSA) is 56.7 Å². The summed E-state index contributed by atoms with van der Waals surface area (Å²) in [6.07, 6.45) is -2.36. The van der Waals surface area contributed by atoms with Crippen LogP contribution in [0.3, 0.4) is 0 Å². The molecule has 22 heavy (non-hydrogen) atoms. The van der Waals surface area contributed by atoms with Crippen LogP contribution in [0.1, 0.15) is 26.7 Å². The minimum atomic E-state index is -4.39. The standard InChI is InChI=1S/C13H25F3N4O.HI/c1-10(2)6-5-7-18-12(17-3)19-8-11(21)20(4)9-13(14,15)16;/h10H,5-9H2,1-4H3,(H2,17,18,19);1H. The van der Waals surface area contributed by atoms with Gasteiger partial charge in [-0.15, -0.1) is 24.0 Å². The summed E-state index contributed by atoms with van der Waals surface area (Å²) in [6, 6.07) is 0. The lowest BCUT2D eigenvalue weighted by Gasteiger charge is -2.20. The summed E-state index contributed by atoms with van der Waals surface area (Å²) in [5.74, 6) is 0.379. The number of guanidine groups is 1. The number of halogens is 4. The van der Waals surface area contributed by atoms with Gasteiger partial charge in [-0.05, 0) is 18.8 Å². The lowest BCUT2D eigenvalue weighted by atomic mass is 10.1. The molecule has 0 rings (SSSR count). The van der Waals surface area contributed by atoms with E-state index in [1.54, 1.807) is 7.05 Å². The zero-order valence-electron chi connectivity index (χ0n) is 13.5. The van der Waals surface area contributed by atoms with Crippen LogP contribution in [0, 0.1) is 5.92 Å². The molecule has 0 unspecified atom stereocenters. The van der Waals surface area contributed by atoms with E-state index in [1.807, 2.05) is 0 Å². The summed E-state index contributed by atoms with van der Waals surface area (Å²) in [7, 11) is 2.66. The molecule has 5 nitrogen and oxygen atoms in total. The summed E-state index contributed by atoms with van der Waals surface area (Å²) in [5.41, 5.74) is 0. The van der Waals surface area contributed by atoms with Crippen LogP contribution < -0.4 is 10.6 Å². The maximum absolute atomic E-state index is 12.2. The summed E-state index contributed by atoms with van der Waals surface area (Å²) >= 11 is 0. The van der Waals surface area contributed by atoms with Crippen LogP contribution in [-0.4, -0.2) is 56.7 Å². The Labute approximate surface area is 147 Å². The molecule has 0 aromatic carbocycles. The van der Waals surface area contributed by atoms with Crippen molar-refractivity contribution in [3.63, 3.8) is 0 Å². The summed E-state index contributed by atoms with van der Waals surface area (Å²) in [6.45, 7) is 3.47. The van der Waals surface area contributed by atoms with Crippen LogP contribution in [-0.2, 0) is 4.79 Å².